The Morgan fingerprint density at radius 1 is 1.29 bits per heavy atom. The summed E-state index contributed by atoms with van der Waals surface area (Å²) in [6, 6.07) is 7.03. The van der Waals surface area contributed by atoms with E-state index >= 15 is 0 Å². The minimum absolute atomic E-state index is 0.475. The highest BCUT2D eigenvalue weighted by atomic mass is 15.2. The van der Waals surface area contributed by atoms with Crippen LogP contribution >= 0.6 is 0 Å². The van der Waals surface area contributed by atoms with Gasteiger partial charge in [0.1, 0.15) is 0 Å². The van der Waals surface area contributed by atoms with Crippen LogP contribution in [0.25, 0.3) is 0 Å². The standard InChI is InChI=1S/C17H26N4/c1-13-9-10-14(16(11-13)21(3)4)12-19-17(18-2)20-15-7-5-6-8-15/h5-6,9-11,15H,7-8,12H2,1-4H3,(H2,18,19,20). The van der Waals surface area contributed by atoms with Gasteiger partial charge in [0, 0.05) is 39.4 Å². The Labute approximate surface area is 128 Å². The Hall–Kier alpha value is -1.97. The Morgan fingerprint density at radius 3 is 2.62 bits per heavy atom. The summed E-state index contributed by atoms with van der Waals surface area (Å²) in [4.78, 5) is 6.47. The van der Waals surface area contributed by atoms with Crippen molar-refractivity contribution < 1.29 is 0 Å². The number of hydrogen-bond donors (Lipinski definition) is 2. The third kappa shape index (κ3) is 4.25. The highest BCUT2D eigenvalue weighted by molar-refractivity contribution is 5.80. The van der Waals surface area contributed by atoms with Gasteiger partial charge in [-0.2, -0.15) is 0 Å². The van der Waals surface area contributed by atoms with Crippen molar-refractivity contribution >= 4 is 11.6 Å². The zero-order valence-electron chi connectivity index (χ0n) is 13.5. The molecule has 1 aromatic rings. The number of benzene rings is 1. The normalized spacial score (nSPS) is 15.3. The van der Waals surface area contributed by atoms with Gasteiger partial charge in [-0.25, -0.2) is 0 Å². The minimum atomic E-state index is 0.475. The zero-order valence-corrected chi connectivity index (χ0v) is 13.5. The number of anilines is 1. The smallest absolute Gasteiger partial charge is 0.191 e. The first kappa shape index (κ1) is 15.4. The number of rotatable bonds is 4. The molecule has 0 saturated heterocycles. The van der Waals surface area contributed by atoms with Crippen LogP contribution in [-0.4, -0.2) is 33.1 Å². The van der Waals surface area contributed by atoms with Crippen molar-refractivity contribution in [2.45, 2.75) is 32.4 Å². The number of aryl methyl sites for hydroxylation is 1. The number of nitrogens with zero attached hydrogens (tertiary/aromatic N) is 2. The molecule has 0 fully saturated rings. The molecule has 4 heteroatoms. The first-order valence-corrected chi connectivity index (χ1v) is 7.49. The van der Waals surface area contributed by atoms with Gasteiger partial charge < -0.3 is 15.5 Å². The molecule has 1 aliphatic rings. The molecule has 1 aromatic carbocycles. The third-order valence-electron chi connectivity index (χ3n) is 3.74. The maximum atomic E-state index is 4.31. The summed E-state index contributed by atoms with van der Waals surface area (Å²) in [6.45, 7) is 2.89. The molecule has 0 aromatic heterocycles. The van der Waals surface area contributed by atoms with E-state index in [4.69, 9.17) is 0 Å². The second-order valence-corrected chi connectivity index (χ2v) is 5.74. The quantitative estimate of drug-likeness (QED) is 0.507. The van der Waals surface area contributed by atoms with E-state index in [1.54, 1.807) is 0 Å². The van der Waals surface area contributed by atoms with Gasteiger partial charge in [-0.3, -0.25) is 4.99 Å². The topological polar surface area (TPSA) is 39.7 Å². The van der Waals surface area contributed by atoms with Crippen molar-refractivity contribution in [3.63, 3.8) is 0 Å². The highest BCUT2D eigenvalue weighted by Gasteiger charge is 2.12. The average molecular weight is 286 g/mol. The predicted octanol–water partition coefficient (Wildman–Crippen LogP) is 2.44. The number of nitrogens with one attached hydrogen (secondary N) is 2. The van der Waals surface area contributed by atoms with Gasteiger partial charge in [0.25, 0.3) is 0 Å². The molecule has 21 heavy (non-hydrogen) atoms. The number of aliphatic imine (C=N–C) groups is 1. The largest absolute Gasteiger partial charge is 0.377 e. The lowest BCUT2D eigenvalue weighted by atomic mass is 10.1. The monoisotopic (exact) mass is 286 g/mol. The Balaban J connectivity index is 1.98. The Kier molecular flexibility index (Phi) is 5.26. The van der Waals surface area contributed by atoms with Crippen molar-refractivity contribution in [3.05, 3.63) is 41.5 Å². The Morgan fingerprint density at radius 2 is 2.00 bits per heavy atom. The molecule has 1 aliphatic carbocycles. The molecule has 2 rings (SSSR count). The minimum Gasteiger partial charge on any atom is -0.377 e. The van der Waals surface area contributed by atoms with E-state index < -0.39 is 0 Å². The molecule has 0 saturated carbocycles. The average Bonchev–Trinajstić information content (AvgIpc) is 2.97. The summed E-state index contributed by atoms with van der Waals surface area (Å²) in [7, 11) is 5.98. The molecule has 2 N–H and O–H groups in total. The molecule has 0 amide bonds. The van der Waals surface area contributed by atoms with Gasteiger partial charge in [-0.1, -0.05) is 24.3 Å². The molecular formula is C17H26N4. The Bertz CT molecular complexity index is 524. The van der Waals surface area contributed by atoms with E-state index in [-0.39, 0.29) is 0 Å². The highest BCUT2D eigenvalue weighted by Crippen LogP contribution is 2.20. The summed E-state index contributed by atoms with van der Waals surface area (Å²) in [5.41, 5.74) is 3.81. The van der Waals surface area contributed by atoms with Crippen LogP contribution < -0.4 is 15.5 Å². The molecule has 0 heterocycles. The van der Waals surface area contributed by atoms with Crippen LogP contribution in [0.5, 0.6) is 0 Å². The van der Waals surface area contributed by atoms with Crippen molar-refractivity contribution in [2.24, 2.45) is 4.99 Å². The zero-order chi connectivity index (χ0) is 15.2. The lowest BCUT2D eigenvalue weighted by Crippen LogP contribution is -2.42. The summed E-state index contributed by atoms with van der Waals surface area (Å²) in [5, 5.41) is 6.87. The summed E-state index contributed by atoms with van der Waals surface area (Å²) < 4.78 is 0. The summed E-state index contributed by atoms with van der Waals surface area (Å²) >= 11 is 0. The van der Waals surface area contributed by atoms with Crippen molar-refractivity contribution in [1.82, 2.24) is 10.6 Å². The van der Waals surface area contributed by atoms with Crippen LogP contribution in [-0.2, 0) is 6.54 Å². The van der Waals surface area contributed by atoms with Gasteiger partial charge in [0.15, 0.2) is 5.96 Å². The molecule has 114 valence electrons. The second kappa shape index (κ2) is 7.16. The lowest BCUT2D eigenvalue weighted by molar-refractivity contribution is 0.633. The first-order valence-electron chi connectivity index (χ1n) is 7.49. The van der Waals surface area contributed by atoms with Crippen LogP contribution in [0.15, 0.2) is 35.3 Å². The molecule has 0 bridgehead atoms. The summed E-state index contributed by atoms with van der Waals surface area (Å²) in [5.74, 6) is 0.869. The number of guanidine groups is 1. The van der Waals surface area contributed by atoms with Crippen LogP contribution in [0.1, 0.15) is 24.0 Å². The van der Waals surface area contributed by atoms with E-state index in [1.165, 1.54) is 16.8 Å². The van der Waals surface area contributed by atoms with Crippen LogP contribution in [0.2, 0.25) is 0 Å². The molecule has 4 nitrogen and oxygen atoms in total. The predicted molar refractivity (Wildman–Crippen MR) is 91.0 cm³/mol. The third-order valence-corrected chi connectivity index (χ3v) is 3.74. The van der Waals surface area contributed by atoms with Gasteiger partial charge in [-0.05, 0) is 37.0 Å². The maximum absolute atomic E-state index is 4.31. The van der Waals surface area contributed by atoms with Gasteiger partial charge in [0.2, 0.25) is 0 Å². The summed E-state index contributed by atoms with van der Waals surface area (Å²) in [6.07, 6.45) is 6.59. The molecule has 0 spiro atoms. The van der Waals surface area contributed by atoms with Crippen molar-refractivity contribution in [2.75, 3.05) is 26.0 Å². The first-order chi connectivity index (χ1) is 10.1. The van der Waals surface area contributed by atoms with Gasteiger partial charge in [0.05, 0.1) is 0 Å². The van der Waals surface area contributed by atoms with E-state index in [0.29, 0.717) is 6.04 Å². The molecule has 0 atom stereocenters. The SMILES string of the molecule is CN=C(NCc1ccc(C)cc1N(C)C)NC1CC=CC1. The van der Waals surface area contributed by atoms with Crippen LogP contribution in [0, 0.1) is 6.92 Å². The van der Waals surface area contributed by atoms with E-state index in [0.717, 1.165) is 25.3 Å². The lowest BCUT2D eigenvalue weighted by Gasteiger charge is -2.21. The van der Waals surface area contributed by atoms with Crippen molar-refractivity contribution in [1.29, 1.82) is 0 Å². The van der Waals surface area contributed by atoms with E-state index in [2.05, 4.69) is 71.9 Å². The van der Waals surface area contributed by atoms with Crippen molar-refractivity contribution in [3.8, 4) is 0 Å². The van der Waals surface area contributed by atoms with Gasteiger partial charge in [-0.15, -0.1) is 0 Å². The fraction of sp³-hybridized carbons (Fsp3) is 0.471. The van der Waals surface area contributed by atoms with E-state index in [9.17, 15) is 0 Å². The molecule has 0 aliphatic heterocycles. The van der Waals surface area contributed by atoms with Crippen LogP contribution in [0.3, 0.4) is 0 Å². The van der Waals surface area contributed by atoms with Gasteiger partial charge >= 0.3 is 0 Å². The number of hydrogen-bond acceptors (Lipinski definition) is 2. The van der Waals surface area contributed by atoms with Crippen LogP contribution in [0.4, 0.5) is 5.69 Å². The fourth-order valence-electron chi connectivity index (χ4n) is 2.54. The molecule has 0 radical (unpaired) electrons. The maximum Gasteiger partial charge on any atom is 0.191 e. The van der Waals surface area contributed by atoms with E-state index in [1.807, 2.05) is 7.05 Å². The molecular weight excluding hydrogens is 260 g/mol. The second-order valence-electron chi connectivity index (χ2n) is 5.74. The fourth-order valence-corrected chi connectivity index (χ4v) is 2.54. The molecule has 0 unspecified atom stereocenters.